The van der Waals surface area contributed by atoms with E-state index in [9.17, 15) is 4.79 Å². The minimum Gasteiger partial charge on any atom is -0.492 e. The quantitative estimate of drug-likeness (QED) is 0.889. The van der Waals surface area contributed by atoms with Gasteiger partial charge in [-0.05, 0) is 6.07 Å². The van der Waals surface area contributed by atoms with E-state index in [-0.39, 0.29) is 18.4 Å². The third-order valence-corrected chi connectivity index (χ3v) is 3.72. The summed E-state index contributed by atoms with van der Waals surface area (Å²) < 4.78 is 21.6. The Kier molecular flexibility index (Phi) is 3.44. The van der Waals surface area contributed by atoms with Crippen molar-refractivity contribution in [3.05, 3.63) is 11.6 Å². The van der Waals surface area contributed by atoms with Crippen molar-refractivity contribution in [2.45, 2.75) is 13.0 Å². The molecule has 0 radical (unpaired) electrons. The lowest BCUT2D eigenvalue weighted by Crippen LogP contribution is -2.28. The highest BCUT2D eigenvalue weighted by Gasteiger charge is 2.39. The lowest BCUT2D eigenvalue weighted by atomic mass is 9.92. The summed E-state index contributed by atoms with van der Waals surface area (Å²) in [6.07, 6.45) is -0.527. The first-order valence-corrected chi connectivity index (χ1v) is 6.66. The van der Waals surface area contributed by atoms with E-state index in [1.807, 2.05) is 0 Å². The monoisotopic (exact) mass is 308 g/mol. The smallest absolute Gasteiger partial charge is 0.266 e. The summed E-state index contributed by atoms with van der Waals surface area (Å²) in [6, 6.07) is 1.74. The maximum atomic E-state index is 11.4. The summed E-state index contributed by atoms with van der Waals surface area (Å²) in [4.78, 5) is 16.7. The summed E-state index contributed by atoms with van der Waals surface area (Å²) >= 11 is 0. The Morgan fingerprint density at radius 3 is 2.64 bits per heavy atom. The van der Waals surface area contributed by atoms with Gasteiger partial charge in [0.2, 0.25) is 18.3 Å². The molecule has 1 aromatic carbocycles. The highest BCUT2D eigenvalue weighted by molar-refractivity contribution is 6.39. The number of amides is 1. The van der Waals surface area contributed by atoms with Gasteiger partial charge in [0.15, 0.2) is 23.3 Å². The first-order chi connectivity index (χ1) is 10.6. The Bertz CT molecular complexity index is 657. The Labute approximate surface area is 126 Å². The molecule has 0 aliphatic carbocycles. The van der Waals surface area contributed by atoms with Crippen LogP contribution in [0.4, 0.5) is 0 Å². The number of carbonyl (C=O) groups excluding carboxylic acids is 1. The molecule has 0 fully saturated rings. The van der Waals surface area contributed by atoms with Crippen LogP contribution in [0, 0.1) is 5.92 Å². The molecule has 1 aromatic rings. The maximum Gasteiger partial charge on any atom is 0.266 e. The lowest BCUT2D eigenvalue weighted by molar-refractivity contribution is -0.112. The molecule has 2 aliphatic rings. The van der Waals surface area contributed by atoms with Crippen LogP contribution in [0.1, 0.15) is 18.6 Å². The molecule has 22 heavy (non-hydrogen) atoms. The van der Waals surface area contributed by atoms with E-state index < -0.39 is 12.0 Å². The van der Waals surface area contributed by atoms with Crippen LogP contribution < -0.4 is 24.7 Å². The number of hydrogen-bond donors (Lipinski definition) is 1. The van der Waals surface area contributed by atoms with Crippen LogP contribution in [0.25, 0.3) is 0 Å². The molecule has 2 N–H and O–H groups in total. The van der Waals surface area contributed by atoms with Gasteiger partial charge in [-0.2, -0.15) is 0 Å². The zero-order chi connectivity index (χ0) is 15.9. The first kappa shape index (κ1) is 14.3. The van der Waals surface area contributed by atoms with Crippen molar-refractivity contribution in [1.82, 2.24) is 0 Å². The number of oxime groups is 1. The number of primary amides is 1. The molecular formula is C14H16N2O6. The number of nitrogens with zero attached hydrogens (tertiary/aromatic N) is 1. The first-order valence-electron chi connectivity index (χ1n) is 6.66. The summed E-state index contributed by atoms with van der Waals surface area (Å²) in [6.45, 7) is 1.90. The molecule has 0 spiro atoms. The van der Waals surface area contributed by atoms with Gasteiger partial charge in [0.05, 0.1) is 20.1 Å². The molecule has 0 unspecified atom stereocenters. The highest BCUT2D eigenvalue weighted by atomic mass is 16.7. The third-order valence-electron chi connectivity index (χ3n) is 3.72. The standard InChI is InChI=1S/C14H16N2O6/c1-6-9(14(15)17)16-22-10(6)7-4-8-12(21-5-20-8)13(19-3)11(7)18-2/h4,6,10H,5H2,1-3H3,(H2,15,17)/t6-,10-/m0/s1. The van der Waals surface area contributed by atoms with Gasteiger partial charge in [-0.3, -0.25) is 4.79 Å². The topological polar surface area (TPSA) is 102 Å². The van der Waals surface area contributed by atoms with Crippen LogP contribution in [-0.4, -0.2) is 32.6 Å². The van der Waals surface area contributed by atoms with Gasteiger partial charge in [-0.1, -0.05) is 12.1 Å². The van der Waals surface area contributed by atoms with Gasteiger partial charge in [-0.25, -0.2) is 0 Å². The van der Waals surface area contributed by atoms with Crippen LogP contribution in [-0.2, 0) is 9.63 Å². The molecular weight excluding hydrogens is 292 g/mol. The Balaban J connectivity index is 2.07. The minimum atomic E-state index is -0.610. The molecule has 0 saturated heterocycles. The maximum absolute atomic E-state index is 11.4. The predicted octanol–water partition coefficient (Wildman–Crippen LogP) is 0.981. The van der Waals surface area contributed by atoms with E-state index in [0.29, 0.717) is 28.6 Å². The second kappa shape index (κ2) is 5.28. The summed E-state index contributed by atoms with van der Waals surface area (Å²) in [5.74, 6) is 0.930. The summed E-state index contributed by atoms with van der Waals surface area (Å²) in [7, 11) is 3.02. The fourth-order valence-electron chi connectivity index (χ4n) is 2.65. The number of hydrogen-bond acceptors (Lipinski definition) is 7. The van der Waals surface area contributed by atoms with Crippen LogP contribution in [0.2, 0.25) is 0 Å². The molecule has 2 atom stereocenters. The Hall–Kier alpha value is -2.64. The minimum absolute atomic E-state index is 0.0996. The van der Waals surface area contributed by atoms with E-state index in [4.69, 9.17) is 29.5 Å². The number of methoxy groups -OCH3 is 2. The third kappa shape index (κ3) is 1.99. The average molecular weight is 308 g/mol. The van der Waals surface area contributed by atoms with E-state index in [1.165, 1.54) is 14.2 Å². The van der Waals surface area contributed by atoms with Gasteiger partial charge < -0.3 is 29.5 Å². The average Bonchev–Trinajstić information content (AvgIpc) is 3.10. The van der Waals surface area contributed by atoms with Crippen LogP contribution in [0.5, 0.6) is 23.0 Å². The van der Waals surface area contributed by atoms with Crippen LogP contribution in [0.3, 0.4) is 0 Å². The highest BCUT2D eigenvalue weighted by Crippen LogP contribution is 2.52. The zero-order valence-electron chi connectivity index (χ0n) is 12.4. The van der Waals surface area contributed by atoms with Crippen molar-refractivity contribution in [3.63, 3.8) is 0 Å². The number of benzene rings is 1. The zero-order valence-corrected chi connectivity index (χ0v) is 12.4. The Morgan fingerprint density at radius 1 is 1.32 bits per heavy atom. The molecule has 1 amide bonds. The Morgan fingerprint density at radius 2 is 2.05 bits per heavy atom. The molecule has 8 nitrogen and oxygen atoms in total. The molecule has 0 saturated carbocycles. The number of nitrogens with two attached hydrogens (primary N) is 1. The van der Waals surface area contributed by atoms with E-state index >= 15 is 0 Å². The van der Waals surface area contributed by atoms with Crippen LogP contribution >= 0.6 is 0 Å². The van der Waals surface area contributed by atoms with Crippen molar-refractivity contribution in [1.29, 1.82) is 0 Å². The summed E-state index contributed by atoms with van der Waals surface area (Å²) in [5.41, 5.74) is 6.13. The van der Waals surface area contributed by atoms with Crippen molar-refractivity contribution in [2.75, 3.05) is 21.0 Å². The van der Waals surface area contributed by atoms with E-state index in [0.717, 1.165) is 0 Å². The molecule has 2 heterocycles. The molecule has 0 bridgehead atoms. The molecule has 2 aliphatic heterocycles. The number of ether oxygens (including phenoxy) is 4. The van der Waals surface area contributed by atoms with Crippen molar-refractivity contribution in [2.24, 2.45) is 16.8 Å². The van der Waals surface area contributed by atoms with Gasteiger partial charge in [-0.15, -0.1) is 0 Å². The van der Waals surface area contributed by atoms with Gasteiger partial charge in [0.25, 0.3) is 5.91 Å². The molecule has 8 heteroatoms. The lowest BCUT2D eigenvalue weighted by Gasteiger charge is -2.20. The number of fused-ring (bicyclic) bond motifs is 1. The second-order valence-corrected chi connectivity index (χ2v) is 4.92. The molecule has 0 aromatic heterocycles. The largest absolute Gasteiger partial charge is 0.492 e. The van der Waals surface area contributed by atoms with Gasteiger partial charge in [0, 0.05) is 5.56 Å². The summed E-state index contributed by atoms with van der Waals surface area (Å²) in [5, 5.41) is 3.77. The predicted molar refractivity (Wildman–Crippen MR) is 75.3 cm³/mol. The van der Waals surface area contributed by atoms with Gasteiger partial charge in [0.1, 0.15) is 0 Å². The second-order valence-electron chi connectivity index (χ2n) is 4.92. The number of carbonyl (C=O) groups is 1. The van der Waals surface area contributed by atoms with Crippen molar-refractivity contribution >= 4 is 11.6 Å². The van der Waals surface area contributed by atoms with E-state index in [2.05, 4.69) is 5.16 Å². The number of rotatable bonds is 4. The SMILES string of the molecule is COc1c([C@H]2ON=C(C(N)=O)[C@@H]2C)cc2c(c1OC)OCO2. The van der Waals surface area contributed by atoms with Gasteiger partial charge >= 0.3 is 0 Å². The van der Waals surface area contributed by atoms with Crippen molar-refractivity contribution in [3.8, 4) is 23.0 Å². The molecule has 3 rings (SSSR count). The fraction of sp³-hybridized carbons (Fsp3) is 0.429. The van der Waals surface area contributed by atoms with Crippen molar-refractivity contribution < 1.29 is 28.6 Å². The normalized spacial score (nSPS) is 22.0. The van der Waals surface area contributed by atoms with Crippen LogP contribution in [0.15, 0.2) is 11.2 Å². The fourth-order valence-corrected chi connectivity index (χ4v) is 2.65. The van der Waals surface area contributed by atoms with E-state index in [1.54, 1.807) is 13.0 Å². The molecule has 118 valence electrons.